The molecule has 0 aliphatic rings. The molecule has 1 aromatic heterocycles. The molecule has 0 fully saturated rings. The van der Waals surface area contributed by atoms with Crippen LogP contribution < -0.4 is 10.1 Å². The maximum absolute atomic E-state index is 5.24. The zero-order chi connectivity index (χ0) is 22.2. The number of hydrogen-bond acceptors (Lipinski definition) is 4. The van der Waals surface area contributed by atoms with Gasteiger partial charge in [0.25, 0.3) is 0 Å². The molecule has 0 atom stereocenters. The molecule has 3 aromatic rings. The molecule has 172 valence electrons. The number of aliphatic imine (C=N–C) groups is 1. The molecule has 0 aliphatic carbocycles. The van der Waals surface area contributed by atoms with E-state index in [1.165, 1.54) is 16.7 Å². The molecule has 0 aliphatic heterocycles. The zero-order valence-corrected chi connectivity index (χ0v) is 21.8. The predicted octanol–water partition coefficient (Wildman–Crippen LogP) is 3.88. The summed E-state index contributed by atoms with van der Waals surface area (Å²) < 4.78 is 7.21. The Morgan fingerprint density at radius 2 is 1.69 bits per heavy atom. The molecular formula is C24H33IN6O. The molecule has 8 heteroatoms. The number of aromatic nitrogens is 3. The van der Waals surface area contributed by atoms with Crippen molar-refractivity contribution >= 4 is 29.9 Å². The second-order valence-electron chi connectivity index (χ2n) is 7.73. The number of nitrogens with zero attached hydrogens (tertiary/aromatic N) is 5. The molecule has 3 rings (SSSR count). The van der Waals surface area contributed by atoms with Crippen molar-refractivity contribution in [2.75, 3.05) is 20.7 Å². The number of aryl methyl sites for hydroxylation is 2. The fraction of sp³-hybridized carbons (Fsp3) is 0.375. The molecule has 0 bridgehead atoms. The van der Waals surface area contributed by atoms with Gasteiger partial charge in [-0.05, 0) is 43.5 Å². The number of hydrogen-bond donors (Lipinski definition) is 1. The summed E-state index contributed by atoms with van der Waals surface area (Å²) in [5.74, 6) is 3.44. The molecule has 32 heavy (non-hydrogen) atoms. The van der Waals surface area contributed by atoms with Crippen molar-refractivity contribution in [1.29, 1.82) is 0 Å². The van der Waals surface area contributed by atoms with Gasteiger partial charge in [0.15, 0.2) is 11.8 Å². The average Bonchev–Trinajstić information content (AvgIpc) is 3.10. The maximum Gasteiger partial charge on any atom is 0.194 e. The molecular weight excluding hydrogens is 515 g/mol. The Morgan fingerprint density at radius 1 is 1.03 bits per heavy atom. The second-order valence-corrected chi connectivity index (χ2v) is 7.73. The third kappa shape index (κ3) is 7.22. The lowest BCUT2D eigenvalue weighted by molar-refractivity contribution is 0.414. The van der Waals surface area contributed by atoms with E-state index in [4.69, 9.17) is 9.73 Å². The van der Waals surface area contributed by atoms with Crippen molar-refractivity contribution in [1.82, 2.24) is 25.0 Å². The Kier molecular flexibility index (Phi) is 9.96. The molecule has 0 saturated heterocycles. The van der Waals surface area contributed by atoms with Gasteiger partial charge in [-0.3, -0.25) is 0 Å². The van der Waals surface area contributed by atoms with Gasteiger partial charge in [-0.25, -0.2) is 4.99 Å². The Morgan fingerprint density at radius 3 is 2.28 bits per heavy atom. The molecule has 2 aromatic carbocycles. The van der Waals surface area contributed by atoms with Crippen LogP contribution in [-0.2, 0) is 26.6 Å². The smallest absolute Gasteiger partial charge is 0.194 e. The van der Waals surface area contributed by atoms with E-state index in [-0.39, 0.29) is 24.0 Å². The van der Waals surface area contributed by atoms with Crippen LogP contribution in [0.2, 0.25) is 0 Å². The molecule has 1 N–H and O–H groups in total. The molecule has 1 heterocycles. The van der Waals surface area contributed by atoms with Crippen molar-refractivity contribution in [2.24, 2.45) is 12.0 Å². The minimum atomic E-state index is 0. The lowest BCUT2D eigenvalue weighted by Gasteiger charge is -2.23. The van der Waals surface area contributed by atoms with E-state index >= 15 is 0 Å². The third-order valence-electron chi connectivity index (χ3n) is 5.31. The molecule has 0 radical (unpaired) electrons. The summed E-state index contributed by atoms with van der Waals surface area (Å²) >= 11 is 0. The van der Waals surface area contributed by atoms with Crippen molar-refractivity contribution in [3.8, 4) is 5.75 Å². The van der Waals surface area contributed by atoms with Gasteiger partial charge in [0, 0.05) is 27.2 Å². The van der Waals surface area contributed by atoms with E-state index in [2.05, 4.69) is 70.8 Å². The van der Waals surface area contributed by atoms with Crippen molar-refractivity contribution in [2.45, 2.75) is 33.4 Å². The van der Waals surface area contributed by atoms with E-state index in [9.17, 15) is 0 Å². The number of methoxy groups -OCH3 is 1. The highest BCUT2D eigenvalue weighted by Gasteiger charge is 2.10. The molecule has 0 spiro atoms. The van der Waals surface area contributed by atoms with Crippen LogP contribution in [0.3, 0.4) is 0 Å². The van der Waals surface area contributed by atoms with Crippen molar-refractivity contribution in [3.05, 3.63) is 76.9 Å². The van der Waals surface area contributed by atoms with E-state index in [0.717, 1.165) is 42.9 Å². The molecule has 0 unspecified atom stereocenters. The normalized spacial score (nSPS) is 11.1. The average molecular weight is 548 g/mol. The van der Waals surface area contributed by atoms with Gasteiger partial charge in [-0.2, -0.15) is 0 Å². The van der Waals surface area contributed by atoms with Gasteiger partial charge in [-0.1, -0.05) is 42.0 Å². The van der Waals surface area contributed by atoms with Crippen LogP contribution in [0.15, 0.2) is 53.5 Å². The third-order valence-corrected chi connectivity index (χ3v) is 5.31. The topological polar surface area (TPSA) is 67.6 Å². The Balaban J connectivity index is 0.00000363. The first-order valence-electron chi connectivity index (χ1n) is 10.5. The Hall–Kier alpha value is -2.62. The summed E-state index contributed by atoms with van der Waals surface area (Å²) in [6.45, 7) is 6.07. The summed E-state index contributed by atoms with van der Waals surface area (Å²) in [6.07, 6.45) is 0.893. The number of benzene rings is 2. The van der Waals surface area contributed by atoms with Crippen LogP contribution in [0, 0.1) is 13.8 Å². The van der Waals surface area contributed by atoms with Crippen LogP contribution in [0.25, 0.3) is 0 Å². The number of ether oxygens (including phenoxy) is 1. The highest BCUT2D eigenvalue weighted by Crippen LogP contribution is 2.11. The second kappa shape index (κ2) is 12.4. The first-order valence-corrected chi connectivity index (χ1v) is 10.5. The summed E-state index contributed by atoms with van der Waals surface area (Å²) in [7, 11) is 5.70. The van der Waals surface area contributed by atoms with E-state index < -0.39 is 0 Å². The minimum Gasteiger partial charge on any atom is -0.497 e. The van der Waals surface area contributed by atoms with Crippen LogP contribution in [0.1, 0.15) is 28.3 Å². The summed E-state index contributed by atoms with van der Waals surface area (Å²) in [4.78, 5) is 6.97. The van der Waals surface area contributed by atoms with Crippen molar-refractivity contribution in [3.63, 3.8) is 0 Å². The SMILES string of the molecule is COc1ccc(CCNC(=NCc2nnc(C)n2C)N(C)Cc2ccc(C)cc2)cc1.I. The van der Waals surface area contributed by atoms with Gasteiger partial charge < -0.3 is 19.5 Å². The largest absolute Gasteiger partial charge is 0.497 e. The van der Waals surface area contributed by atoms with E-state index in [0.29, 0.717) is 6.54 Å². The maximum atomic E-state index is 5.24. The number of nitrogens with one attached hydrogen (secondary N) is 1. The lowest BCUT2D eigenvalue weighted by Crippen LogP contribution is -2.39. The monoisotopic (exact) mass is 548 g/mol. The molecule has 0 saturated carbocycles. The molecule has 0 amide bonds. The lowest BCUT2D eigenvalue weighted by atomic mass is 10.1. The first kappa shape index (κ1) is 25.6. The fourth-order valence-electron chi connectivity index (χ4n) is 3.20. The highest BCUT2D eigenvalue weighted by molar-refractivity contribution is 14.0. The van der Waals surface area contributed by atoms with E-state index in [1.807, 2.05) is 30.7 Å². The van der Waals surface area contributed by atoms with Crippen LogP contribution in [0.4, 0.5) is 0 Å². The predicted molar refractivity (Wildman–Crippen MR) is 140 cm³/mol. The Bertz CT molecular complexity index is 998. The number of halogens is 1. The highest BCUT2D eigenvalue weighted by atomic mass is 127. The standard InChI is InChI=1S/C24H32N6O.HI/c1-18-6-8-21(9-7-18)17-29(3)24(26-16-23-28-27-19(2)30(23)4)25-15-14-20-10-12-22(31-5)13-11-20;/h6-13H,14-17H2,1-5H3,(H,25,26);1H. The van der Waals surface area contributed by atoms with Gasteiger partial charge >= 0.3 is 0 Å². The van der Waals surface area contributed by atoms with E-state index in [1.54, 1.807) is 7.11 Å². The number of guanidine groups is 1. The summed E-state index contributed by atoms with van der Waals surface area (Å²) in [5, 5.41) is 11.9. The first-order chi connectivity index (χ1) is 15.0. The zero-order valence-electron chi connectivity index (χ0n) is 19.5. The Labute approximate surface area is 207 Å². The van der Waals surface area contributed by atoms with Crippen LogP contribution in [-0.4, -0.2) is 46.3 Å². The quantitative estimate of drug-likeness (QED) is 0.263. The van der Waals surface area contributed by atoms with Gasteiger partial charge in [0.1, 0.15) is 18.1 Å². The van der Waals surface area contributed by atoms with Gasteiger partial charge in [-0.15, -0.1) is 34.2 Å². The summed E-state index contributed by atoms with van der Waals surface area (Å²) in [6, 6.07) is 16.8. The van der Waals surface area contributed by atoms with Crippen LogP contribution in [0.5, 0.6) is 5.75 Å². The van der Waals surface area contributed by atoms with Crippen LogP contribution >= 0.6 is 24.0 Å². The molecule has 7 nitrogen and oxygen atoms in total. The minimum absolute atomic E-state index is 0. The van der Waals surface area contributed by atoms with Gasteiger partial charge in [0.2, 0.25) is 0 Å². The number of rotatable bonds is 8. The fourth-order valence-corrected chi connectivity index (χ4v) is 3.20. The summed E-state index contributed by atoms with van der Waals surface area (Å²) in [5.41, 5.74) is 3.75. The van der Waals surface area contributed by atoms with Crippen molar-refractivity contribution < 1.29 is 4.74 Å². The van der Waals surface area contributed by atoms with Gasteiger partial charge in [0.05, 0.1) is 7.11 Å².